The van der Waals surface area contributed by atoms with Crippen molar-refractivity contribution in [3.63, 3.8) is 0 Å². The van der Waals surface area contributed by atoms with Crippen molar-refractivity contribution in [3.05, 3.63) is 29.6 Å². The molecule has 1 aliphatic carbocycles. The van der Waals surface area contributed by atoms with Gasteiger partial charge in [-0.1, -0.05) is 12.8 Å². The van der Waals surface area contributed by atoms with E-state index in [0.29, 0.717) is 18.5 Å². The third-order valence-electron chi connectivity index (χ3n) is 3.92. The van der Waals surface area contributed by atoms with E-state index in [0.717, 1.165) is 25.0 Å². The third-order valence-corrected chi connectivity index (χ3v) is 3.92. The number of aryl methyl sites for hydroxylation is 1. The van der Waals surface area contributed by atoms with Crippen molar-refractivity contribution in [2.75, 3.05) is 6.54 Å². The minimum atomic E-state index is -0.749. The number of carbonyl (C=O) groups excluding carboxylic acids is 1. The Morgan fingerprint density at radius 3 is 2.75 bits per heavy atom. The van der Waals surface area contributed by atoms with Crippen molar-refractivity contribution in [2.45, 2.75) is 32.6 Å². The number of carbonyl (C=O) groups is 2. The molecule has 1 aromatic heterocycles. The molecule has 1 aliphatic rings. The predicted octanol–water partition coefficient (Wildman–Crippen LogP) is 2.01. The van der Waals surface area contributed by atoms with Gasteiger partial charge in [0.05, 0.1) is 11.5 Å². The fourth-order valence-electron chi connectivity index (χ4n) is 2.71. The van der Waals surface area contributed by atoms with Crippen LogP contribution in [0, 0.1) is 18.8 Å². The van der Waals surface area contributed by atoms with Crippen molar-refractivity contribution < 1.29 is 14.7 Å². The van der Waals surface area contributed by atoms with E-state index < -0.39 is 5.97 Å². The molecule has 1 heterocycles. The van der Waals surface area contributed by atoms with Gasteiger partial charge in [-0.25, -0.2) is 0 Å². The van der Waals surface area contributed by atoms with Crippen LogP contribution in [0.25, 0.3) is 0 Å². The molecule has 0 spiro atoms. The highest BCUT2D eigenvalue weighted by Crippen LogP contribution is 2.29. The van der Waals surface area contributed by atoms with E-state index in [1.165, 1.54) is 0 Å². The largest absolute Gasteiger partial charge is 0.481 e. The van der Waals surface area contributed by atoms with Crippen molar-refractivity contribution in [3.8, 4) is 0 Å². The van der Waals surface area contributed by atoms with E-state index in [-0.39, 0.29) is 17.7 Å². The molecule has 0 bridgehead atoms. The summed E-state index contributed by atoms with van der Waals surface area (Å²) in [6, 6.07) is 3.52. The summed E-state index contributed by atoms with van der Waals surface area (Å²) in [6.07, 6.45) is 5.12. The molecule has 20 heavy (non-hydrogen) atoms. The van der Waals surface area contributed by atoms with E-state index in [4.69, 9.17) is 0 Å². The van der Waals surface area contributed by atoms with E-state index in [1.807, 2.05) is 6.92 Å². The van der Waals surface area contributed by atoms with E-state index >= 15 is 0 Å². The SMILES string of the molecule is Cc1ccc(C(=O)NCC2CCCCC2C(=O)O)cn1. The number of amides is 1. The van der Waals surface area contributed by atoms with Gasteiger partial charge < -0.3 is 10.4 Å². The van der Waals surface area contributed by atoms with Crippen molar-refractivity contribution in [1.82, 2.24) is 10.3 Å². The zero-order valence-electron chi connectivity index (χ0n) is 11.6. The Bertz CT molecular complexity index is 484. The fourth-order valence-corrected chi connectivity index (χ4v) is 2.71. The number of carboxylic acid groups (broad SMARTS) is 1. The molecular weight excluding hydrogens is 256 g/mol. The maximum Gasteiger partial charge on any atom is 0.306 e. The van der Waals surface area contributed by atoms with Gasteiger partial charge in [-0.3, -0.25) is 14.6 Å². The summed E-state index contributed by atoms with van der Waals surface area (Å²) in [5, 5.41) is 12.0. The Labute approximate surface area is 118 Å². The van der Waals surface area contributed by atoms with Gasteiger partial charge in [0.25, 0.3) is 5.91 Å². The van der Waals surface area contributed by atoms with E-state index in [1.54, 1.807) is 18.3 Å². The molecule has 2 unspecified atom stereocenters. The first kappa shape index (κ1) is 14.5. The van der Waals surface area contributed by atoms with Crippen LogP contribution in [-0.4, -0.2) is 28.5 Å². The average Bonchev–Trinajstić information content (AvgIpc) is 2.45. The monoisotopic (exact) mass is 276 g/mol. The molecule has 5 heteroatoms. The highest BCUT2D eigenvalue weighted by molar-refractivity contribution is 5.93. The van der Waals surface area contributed by atoms with Crippen LogP contribution >= 0.6 is 0 Å². The van der Waals surface area contributed by atoms with Crippen molar-refractivity contribution in [1.29, 1.82) is 0 Å². The summed E-state index contributed by atoms with van der Waals surface area (Å²) in [6.45, 7) is 2.28. The van der Waals surface area contributed by atoms with Crippen LogP contribution in [-0.2, 0) is 4.79 Å². The summed E-state index contributed by atoms with van der Waals surface area (Å²) < 4.78 is 0. The molecule has 5 nitrogen and oxygen atoms in total. The third kappa shape index (κ3) is 3.56. The second-order valence-electron chi connectivity index (χ2n) is 5.39. The Hall–Kier alpha value is -1.91. The van der Waals surface area contributed by atoms with Gasteiger partial charge in [-0.15, -0.1) is 0 Å². The zero-order valence-corrected chi connectivity index (χ0v) is 11.6. The second kappa shape index (κ2) is 6.50. The minimum Gasteiger partial charge on any atom is -0.481 e. The Morgan fingerprint density at radius 1 is 1.35 bits per heavy atom. The number of hydrogen-bond donors (Lipinski definition) is 2. The Kier molecular flexibility index (Phi) is 4.71. The van der Waals surface area contributed by atoms with Crippen LogP contribution in [0.1, 0.15) is 41.7 Å². The van der Waals surface area contributed by atoms with Crippen LogP contribution in [0.3, 0.4) is 0 Å². The first-order chi connectivity index (χ1) is 9.58. The number of nitrogens with one attached hydrogen (secondary N) is 1. The highest BCUT2D eigenvalue weighted by atomic mass is 16.4. The van der Waals surface area contributed by atoms with E-state index in [2.05, 4.69) is 10.3 Å². The lowest BCUT2D eigenvalue weighted by atomic mass is 9.79. The first-order valence-electron chi connectivity index (χ1n) is 7.01. The van der Waals surface area contributed by atoms with Crippen LogP contribution in [0.4, 0.5) is 0 Å². The maximum absolute atomic E-state index is 12.0. The highest BCUT2D eigenvalue weighted by Gasteiger charge is 2.30. The van der Waals surface area contributed by atoms with Gasteiger partial charge in [0, 0.05) is 18.4 Å². The molecule has 2 N–H and O–H groups in total. The normalized spacial score (nSPS) is 22.2. The number of aliphatic carboxylic acids is 1. The average molecular weight is 276 g/mol. The van der Waals surface area contributed by atoms with Gasteiger partial charge in [0.15, 0.2) is 0 Å². The topological polar surface area (TPSA) is 79.3 Å². The second-order valence-corrected chi connectivity index (χ2v) is 5.39. The Balaban J connectivity index is 1.91. The molecule has 0 saturated heterocycles. The molecule has 1 aromatic rings. The molecule has 0 radical (unpaired) electrons. The zero-order chi connectivity index (χ0) is 14.5. The van der Waals surface area contributed by atoms with Gasteiger partial charge in [-0.05, 0) is 37.8 Å². The van der Waals surface area contributed by atoms with E-state index in [9.17, 15) is 14.7 Å². The minimum absolute atomic E-state index is 0.0311. The lowest BCUT2D eigenvalue weighted by Gasteiger charge is -2.28. The lowest BCUT2D eigenvalue weighted by molar-refractivity contribution is -0.144. The number of nitrogens with zero attached hydrogens (tertiary/aromatic N) is 1. The van der Waals surface area contributed by atoms with Gasteiger partial charge >= 0.3 is 5.97 Å². The molecule has 2 rings (SSSR count). The van der Waals surface area contributed by atoms with Crippen LogP contribution < -0.4 is 5.32 Å². The summed E-state index contributed by atoms with van der Waals surface area (Å²) in [4.78, 5) is 27.3. The summed E-state index contributed by atoms with van der Waals surface area (Å²) in [5.74, 6) is -1.24. The predicted molar refractivity (Wildman–Crippen MR) is 74.4 cm³/mol. The van der Waals surface area contributed by atoms with Crippen molar-refractivity contribution >= 4 is 11.9 Å². The van der Waals surface area contributed by atoms with Crippen molar-refractivity contribution in [2.24, 2.45) is 11.8 Å². The molecular formula is C15H20N2O3. The molecule has 0 aliphatic heterocycles. The molecule has 1 amide bonds. The summed E-state index contributed by atoms with van der Waals surface area (Å²) in [7, 11) is 0. The van der Waals surface area contributed by atoms with Crippen LogP contribution in [0.15, 0.2) is 18.3 Å². The molecule has 2 atom stereocenters. The number of carboxylic acids is 1. The standard InChI is InChI=1S/C15H20N2O3/c1-10-6-7-12(9-16-10)14(18)17-8-11-4-2-3-5-13(11)15(19)20/h6-7,9,11,13H,2-5,8H2,1H3,(H,17,18)(H,19,20). The molecule has 108 valence electrons. The number of rotatable bonds is 4. The summed E-state index contributed by atoms with van der Waals surface area (Å²) >= 11 is 0. The summed E-state index contributed by atoms with van der Waals surface area (Å²) in [5.41, 5.74) is 1.37. The van der Waals surface area contributed by atoms with Crippen LogP contribution in [0.5, 0.6) is 0 Å². The Morgan fingerprint density at radius 2 is 2.10 bits per heavy atom. The molecule has 0 aromatic carbocycles. The van der Waals surface area contributed by atoms with Gasteiger partial charge in [0.1, 0.15) is 0 Å². The van der Waals surface area contributed by atoms with Crippen LogP contribution in [0.2, 0.25) is 0 Å². The molecule has 1 saturated carbocycles. The molecule has 1 fully saturated rings. The lowest BCUT2D eigenvalue weighted by Crippen LogP contribution is -2.37. The number of hydrogen-bond acceptors (Lipinski definition) is 3. The quantitative estimate of drug-likeness (QED) is 0.881. The van der Waals surface area contributed by atoms with Gasteiger partial charge in [-0.2, -0.15) is 0 Å². The van der Waals surface area contributed by atoms with Gasteiger partial charge in [0.2, 0.25) is 0 Å². The fraction of sp³-hybridized carbons (Fsp3) is 0.533. The first-order valence-corrected chi connectivity index (χ1v) is 7.01. The number of pyridine rings is 1. The maximum atomic E-state index is 12.0. The smallest absolute Gasteiger partial charge is 0.306 e. The number of aromatic nitrogens is 1.